The van der Waals surface area contributed by atoms with Gasteiger partial charge in [0.25, 0.3) is 0 Å². The molecule has 4 rings (SSSR count). The fourth-order valence-electron chi connectivity index (χ4n) is 3.95. The van der Waals surface area contributed by atoms with E-state index in [1.54, 1.807) is 0 Å². The Kier molecular flexibility index (Phi) is 5.02. The Labute approximate surface area is 154 Å². The van der Waals surface area contributed by atoms with Crippen LogP contribution in [0, 0.1) is 5.92 Å². The van der Waals surface area contributed by atoms with E-state index < -0.39 is 0 Å². The van der Waals surface area contributed by atoms with Gasteiger partial charge in [-0.1, -0.05) is 60.7 Å². The van der Waals surface area contributed by atoms with E-state index in [0.717, 1.165) is 13.1 Å². The van der Waals surface area contributed by atoms with Crippen LogP contribution in [-0.4, -0.2) is 41.9 Å². The molecule has 0 N–H and O–H groups in total. The Morgan fingerprint density at radius 2 is 1.81 bits per heavy atom. The van der Waals surface area contributed by atoms with Crippen LogP contribution in [0.4, 0.5) is 0 Å². The van der Waals surface area contributed by atoms with E-state index in [-0.39, 0.29) is 24.1 Å². The molecule has 5 nitrogen and oxygen atoms in total. The van der Waals surface area contributed by atoms with Crippen molar-refractivity contribution in [1.29, 1.82) is 0 Å². The topological polar surface area (TPSA) is 42.0 Å². The fraction of sp³-hybridized carbons (Fsp3) is 0.381. The molecule has 136 valence electrons. The van der Waals surface area contributed by atoms with Crippen LogP contribution in [0.3, 0.4) is 0 Å². The highest BCUT2D eigenvalue weighted by atomic mass is 16.7. The lowest BCUT2D eigenvalue weighted by Gasteiger charge is -2.26. The average Bonchev–Trinajstić information content (AvgIpc) is 3.25. The van der Waals surface area contributed by atoms with Crippen LogP contribution >= 0.6 is 0 Å². The number of carbonyl (C=O) groups is 1. The van der Waals surface area contributed by atoms with Gasteiger partial charge in [-0.2, -0.15) is 5.06 Å². The van der Waals surface area contributed by atoms with Gasteiger partial charge in [0.05, 0.1) is 19.3 Å². The number of fused-ring (bicyclic) bond motifs is 1. The van der Waals surface area contributed by atoms with Gasteiger partial charge < -0.3 is 4.74 Å². The summed E-state index contributed by atoms with van der Waals surface area (Å²) in [6, 6.07) is 20.8. The second kappa shape index (κ2) is 7.58. The van der Waals surface area contributed by atoms with Crippen LogP contribution in [0.15, 0.2) is 60.7 Å². The first kappa shape index (κ1) is 17.2. The van der Waals surface area contributed by atoms with Crippen molar-refractivity contribution in [2.75, 3.05) is 19.8 Å². The van der Waals surface area contributed by atoms with Gasteiger partial charge in [0.2, 0.25) is 0 Å². The molecule has 0 aromatic heterocycles. The van der Waals surface area contributed by atoms with Gasteiger partial charge in [0.15, 0.2) is 0 Å². The monoisotopic (exact) mass is 352 g/mol. The molecule has 2 aromatic rings. The van der Waals surface area contributed by atoms with Gasteiger partial charge >= 0.3 is 5.97 Å². The highest BCUT2D eigenvalue weighted by Gasteiger charge is 2.52. The summed E-state index contributed by atoms with van der Waals surface area (Å²) in [4.78, 5) is 20.8. The first-order chi connectivity index (χ1) is 12.8. The van der Waals surface area contributed by atoms with Crippen molar-refractivity contribution in [3.8, 4) is 0 Å². The van der Waals surface area contributed by atoms with E-state index in [9.17, 15) is 4.79 Å². The molecule has 2 aliphatic heterocycles. The zero-order valence-electron chi connectivity index (χ0n) is 15.0. The maximum absolute atomic E-state index is 12.5. The van der Waals surface area contributed by atoms with Gasteiger partial charge in [-0.05, 0) is 18.1 Å². The Morgan fingerprint density at radius 1 is 1.12 bits per heavy atom. The molecule has 0 amide bonds. The van der Waals surface area contributed by atoms with E-state index in [1.165, 1.54) is 11.1 Å². The van der Waals surface area contributed by atoms with Gasteiger partial charge in [-0.15, -0.1) is 0 Å². The second-order valence-electron chi connectivity index (χ2n) is 6.77. The lowest BCUT2D eigenvalue weighted by molar-refractivity contribution is -0.153. The van der Waals surface area contributed by atoms with E-state index in [1.807, 2.05) is 48.4 Å². The SMILES string of the molecule is CCOC(=O)[C@@H]1CON2[C@H]1N(Cc1ccccc1)C[C@H]2c1ccccc1. The largest absolute Gasteiger partial charge is 0.466 e. The zero-order valence-corrected chi connectivity index (χ0v) is 15.0. The van der Waals surface area contributed by atoms with Crippen molar-refractivity contribution >= 4 is 5.97 Å². The summed E-state index contributed by atoms with van der Waals surface area (Å²) in [5.41, 5.74) is 2.44. The summed E-state index contributed by atoms with van der Waals surface area (Å²) in [5.74, 6) is -0.459. The lowest BCUT2D eigenvalue weighted by Crippen LogP contribution is -2.42. The third-order valence-corrected chi connectivity index (χ3v) is 5.11. The average molecular weight is 352 g/mol. The molecule has 5 heteroatoms. The summed E-state index contributed by atoms with van der Waals surface area (Å²) >= 11 is 0. The molecule has 2 aliphatic rings. The molecule has 0 saturated carbocycles. The van der Waals surface area contributed by atoms with Crippen molar-refractivity contribution in [2.24, 2.45) is 5.92 Å². The highest BCUT2D eigenvalue weighted by molar-refractivity contribution is 5.73. The Balaban J connectivity index is 1.62. The number of hydrogen-bond acceptors (Lipinski definition) is 5. The molecule has 2 saturated heterocycles. The summed E-state index contributed by atoms with van der Waals surface area (Å²) in [6.07, 6.45) is -0.0977. The minimum atomic E-state index is -0.285. The Morgan fingerprint density at radius 3 is 2.50 bits per heavy atom. The smallest absolute Gasteiger partial charge is 0.314 e. The molecule has 0 radical (unpaired) electrons. The van der Waals surface area contributed by atoms with Crippen molar-refractivity contribution in [3.05, 3.63) is 71.8 Å². The number of esters is 1. The maximum Gasteiger partial charge on any atom is 0.314 e. The van der Waals surface area contributed by atoms with Crippen LogP contribution in [-0.2, 0) is 20.9 Å². The van der Waals surface area contributed by atoms with Crippen LogP contribution in [0.2, 0.25) is 0 Å². The number of nitrogens with zero attached hydrogens (tertiary/aromatic N) is 2. The number of ether oxygens (including phenoxy) is 1. The summed E-state index contributed by atoms with van der Waals surface area (Å²) in [5, 5.41) is 2.00. The second-order valence-corrected chi connectivity index (χ2v) is 6.77. The van der Waals surface area contributed by atoms with Gasteiger partial charge in [-0.3, -0.25) is 14.5 Å². The quantitative estimate of drug-likeness (QED) is 0.774. The van der Waals surface area contributed by atoms with E-state index in [4.69, 9.17) is 9.57 Å². The zero-order chi connectivity index (χ0) is 17.9. The highest BCUT2D eigenvalue weighted by Crippen LogP contribution is 2.41. The molecular weight excluding hydrogens is 328 g/mol. The van der Waals surface area contributed by atoms with Crippen molar-refractivity contribution in [1.82, 2.24) is 9.96 Å². The Bertz CT molecular complexity index is 737. The third-order valence-electron chi connectivity index (χ3n) is 5.11. The molecule has 26 heavy (non-hydrogen) atoms. The predicted octanol–water partition coefficient (Wildman–Crippen LogP) is 3.00. The van der Waals surface area contributed by atoms with Gasteiger partial charge in [0.1, 0.15) is 12.1 Å². The minimum Gasteiger partial charge on any atom is -0.466 e. The molecule has 2 aromatic carbocycles. The van der Waals surface area contributed by atoms with Crippen LogP contribution < -0.4 is 0 Å². The molecule has 0 unspecified atom stereocenters. The van der Waals surface area contributed by atoms with E-state index >= 15 is 0 Å². The molecule has 3 atom stereocenters. The van der Waals surface area contributed by atoms with Crippen LogP contribution in [0.1, 0.15) is 24.1 Å². The number of carbonyl (C=O) groups excluding carboxylic acids is 1. The molecule has 0 spiro atoms. The molecule has 2 heterocycles. The summed E-state index contributed by atoms with van der Waals surface area (Å²) < 4.78 is 5.30. The van der Waals surface area contributed by atoms with E-state index in [2.05, 4.69) is 29.2 Å². The maximum atomic E-state index is 12.5. The van der Waals surface area contributed by atoms with E-state index in [0.29, 0.717) is 13.2 Å². The number of hydrogen-bond donors (Lipinski definition) is 0. The number of benzene rings is 2. The molecular formula is C21H24N2O3. The predicted molar refractivity (Wildman–Crippen MR) is 97.7 cm³/mol. The van der Waals surface area contributed by atoms with Crippen molar-refractivity contribution < 1.29 is 14.4 Å². The van der Waals surface area contributed by atoms with Crippen molar-refractivity contribution in [2.45, 2.75) is 25.7 Å². The van der Waals surface area contributed by atoms with Crippen molar-refractivity contribution in [3.63, 3.8) is 0 Å². The van der Waals surface area contributed by atoms with Gasteiger partial charge in [-0.25, -0.2) is 0 Å². The normalized spacial score (nSPS) is 26.0. The lowest BCUT2D eigenvalue weighted by atomic mass is 10.1. The first-order valence-electron chi connectivity index (χ1n) is 9.18. The van der Waals surface area contributed by atoms with Crippen LogP contribution in [0.5, 0.6) is 0 Å². The summed E-state index contributed by atoms with van der Waals surface area (Å²) in [6.45, 7) is 4.21. The standard InChI is InChI=1S/C21H24N2O3/c1-2-25-21(24)18-15-26-23-19(17-11-7-4-8-12-17)14-22(20(18)23)13-16-9-5-3-6-10-16/h3-12,18-20H,2,13-15H2,1H3/t18-,19+,20-/m1/s1. The minimum absolute atomic E-state index is 0.0977. The van der Waals surface area contributed by atoms with Crippen LogP contribution in [0.25, 0.3) is 0 Å². The van der Waals surface area contributed by atoms with Gasteiger partial charge in [0, 0.05) is 13.1 Å². The Hall–Kier alpha value is -2.21. The first-order valence-corrected chi connectivity index (χ1v) is 9.18. The summed E-state index contributed by atoms with van der Waals surface area (Å²) in [7, 11) is 0. The number of rotatable bonds is 5. The molecule has 0 aliphatic carbocycles. The number of hydroxylamine groups is 2. The fourth-order valence-corrected chi connectivity index (χ4v) is 3.95. The third kappa shape index (κ3) is 3.26. The molecule has 2 fully saturated rings. The molecule has 0 bridgehead atoms.